The highest BCUT2D eigenvalue weighted by Gasteiger charge is 2.30. The molecule has 2 amide bonds. The number of benzene rings is 4. The third-order valence-corrected chi connectivity index (χ3v) is 9.94. The summed E-state index contributed by atoms with van der Waals surface area (Å²) in [4.78, 5) is 55.4. The number of fused-ring (bicyclic) bond motifs is 3. The number of hydrogen-bond acceptors (Lipinski definition) is 8. The molecule has 12 nitrogen and oxygen atoms in total. The Morgan fingerprint density at radius 1 is 0.926 bits per heavy atom. The third kappa shape index (κ3) is 6.69. The first-order valence-electron chi connectivity index (χ1n) is 17.5. The highest BCUT2D eigenvalue weighted by molar-refractivity contribution is 6.58. The number of aromatic nitrogens is 3. The van der Waals surface area contributed by atoms with Gasteiger partial charge in [0, 0.05) is 65.9 Å². The minimum Gasteiger partial charge on any atom is -0.494 e. The van der Waals surface area contributed by atoms with Gasteiger partial charge in [-0.2, -0.15) is 5.10 Å². The number of aromatic amines is 2. The lowest BCUT2D eigenvalue weighted by Gasteiger charge is -2.35. The van der Waals surface area contributed by atoms with E-state index in [1.165, 1.54) is 12.1 Å². The van der Waals surface area contributed by atoms with E-state index in [0.717, 1.165) is 5.56 Å². The Morgan fingerprint density at radius 2 is 1.69 bits per heavy atom. The minimum atomic E-state index is -0.632. The molecular formula is C40H33ClFN7O5. The van der Waals surface area contributed by atoms with E-state index >= 15 is 0 Å². The van der Waals surface area contributed by atoms with Crippen LogP contribution in [0.1, 0.15) is 45.6 Å². The van der Waals surface area contributed by atoms with Crippen molar-refractivity contribution < 1.29 is 23.9 Å². The van der Waals surface area contributed by atoms with Crippen LogP contribution in [0.25, 0.3) is 21.7 Å². The number of hydrogen-bond donors (Lipinski definition) is 3. The van der Waals surface area contributed by atoms with E-state index in [1.807, 2.05) is 36.4 Å². The van der Waals surface area contributed by atoms with Crippen molar-refractivity contribution in [2.24, 2.45) is 10.1 Å². The molecule has 0 bridgehead atoms. The molecule has 2 aliphatic heterocycles. The lowest BCUT2D eigenvalue weighted by molar-refractivity contribution is -0.133. The molecule has 1 saturated heterocycles. The maximum Gasteiger partial charge on any atom is 0.272 e. The van der Waals surface area contributed by atoms with Crippen molar-refractivity contribution in [3.63, 3.8) is 0 Å². The van der Waals surface area contributed by atoms with Gasteiger partial charge in [-0.3, -0.25) is 14.4 Å². The van der Waals surface area contributed by atoms with Crippen molar-refractivity contribution in [3.05, 3.63) is 134 Å². The van der Waals surface area contributed by atoms with Crippen LogP contribution < -0.4 is 5.56 Å². The van der Waals surface area contributed by atoms with E-state index < -0.39 is 11.7 Å². The smallest absolute Gasteiger partial charge is 0.272 e. The molecule has 2 aromatic heterocycles. The monoisotopic (exact) mass is 745 g/mol. The molecule has 14 heteroatoms. The van der Waals surface area contributed by atoms with Gasteiger partial charge in [0.25, 0.3) is 11.5 Å². The molecule has 8 rings (SSSR count). The summed E-state index contributed by atoms with van der Waals surface area (Å²) in [5.74, 6) is -1.23. The van der Waals surface area contributed by atoms with Crippen LogP contribution in [0, 0.1) is 5.82 Å². The molecule has 1 fully saturated rings. The van der Waals surface area contributed by atoms with Crippen molar-refractivity contribution in [1.29, 1.82) is 0 Å². The van der Waals surface area contributed by atoms with Crippen molar-refractivity contribution in [2.45, 2.75) is 19.3 Å². The number of piperazine rings is 1. The number of nitrogens with zero attached hydrogens (tertiary/aromatic N) is 5. The molecule has 4 aromatic carbocycles. The Balaban J connectivity index is 0.863. The van der Waals surface area contributed by atoms with Crippen LogP contribution in [0.15, 0.2) is 99.9 Å². The summed E-state index contributed by atoms with van der Waals surface area (Å²) in [7, 11) is 0. The molecule has 0 atom stereocenters. The van der Waals surface area contributed by atoms with Gasteiger partial charge in [-0.1, -0.05) is 59.2 Å². The summed E-state index contributed by atoms with van der Waals surface area (Å²) in [6.45, 7) is 1.32. The number of H-pyrrole nitrogens is 2. The van der Waals surface area contributed by atoms with Crippen LogP contribution in [-0.4, -0.2) is 86.1 Å². The van der Waals surface area contributed by atoms with E-state index in [9.17, 15) is 23.9 Å². The second kappa shape index (κ2) is 14.6. The molecular weight excluding hydrogens is 713 g/mol. The molecule has 54 heavy (non-hydrogen) atoms. The van der Waals surface area contributed by atoms with E-state index in [2.05, 4.69) is 20.3 Å². The average Bonchev–Trinajstić information content (AvgIpc) is 3.71. The minimum absolute atomic E-state index is 0.0541. The number of carbonyl (C=O) groups excluding carboxylic acids is 2. The van der Waals surface area contributed by atoms with Crippen LogP contribution in [0.3, 0.4) is 0 Å². The average molecular weight is 746 g/mol. The summed E-state index contributed by atoms with van der Waals surface area (Å²) in [5, 5.41) is 24.3. The second-order valence-corrected chi connectivity index (χ2v) is 13.5. The molecule has 2 aliphatic rings. The van der Waals surface area contributed by atoms with Gasteiger partial charge >= 0.3 is 0 Å². The Hall–Kier alpha value is -6.34. The Bertz CT molecular complexity index is 2570. The Labute approximate surface area is 312 Å². The quantitative estimate of drug-likeness (QED) is 0.120. The summed E-state index contributed by atoms with van der Waals surface area (Å²) >= 11 is 6.27. The Kier molecular flexibility index (Phi) is 9.38. The van der Waals surface area contributed by atoms with Crippen molar-refractivity contribution in [2.75, 3.05) is 32.8 Å². The third-order valence-electron chi connectivity index (χ3n) is 9.70. The lowest BCUT2D eigenvalue weighted by atomic mass is 10.0. The predicted molar refractivity (Wildman–Crippen MR) is 203 cm³/mol. The fourth-order valence-electron chi connectivity index (χ4n) is 6.96. The van der Waals surface area contributed by atoms with Crippen molar-refractivity contribution >= 4 is 62.2 Å². The largest absolute Gasteiger partial charge is 0.494 e. The van der Waals surface area contributed by atoms with Gasteiger partial charge in [0.2, 0.25) is 5.91 Å². The summed E-state index contributed by atoms with van der Waals surface area (Å²) in [6.07, 6.45) is 0.901. The van der Waals surface area contributed by atoms with Gasteiger partial charge in [0.1, 0.15) is 23.8 Å². The first-order chi connectivity index (χ1) is 26.2. The number of nitrogens with one attached hydrogen (secondary N) is 2. The van der Waals surface area contributed by atoms with E-state index in [-0.39, 0.29) is 49.0 Å². The number of halogens is 2. The van der Waals surface area contributed by atoms with Crippen LogP contribution in [0.4, 0.5) is 10.1 Å². The standard InChI is InChI=1S/C40H33ClFN7O5/c41-24-12-14-32-29(22-24)35(39(52)44-32)37-36(27-8-3-4-9-31(27)43-37)47-54-19-5-10-34(50)48-15-17-49(18-16-48)40(53)28-20-23(11-13-30(28)42)21-33-25-6-1-2-7-26(25)38(51)46-45-33/h1-4,6-9,11-14,20,22,44,52H,5,10,15-19,21H2,(H,46,51)/b47-36+. The van der Waals surface area contributed by atoms with E-state index in [1.54, 1.807) is 46.2 Å². The predicted octanol–water partition coefficient (Wildman–Crippen LogP) is 6.11. The van der Waals surface area contributed by atoms with Crippen LogP contribution in [0.5, 0.6) is 5.88 Å². The van der Waals surface area contributed by atoms with Gasteiger partial charge in [0.15, 0.2) is 5.88 Å². The molecule has 0 radical (unpaired) electrons. The number of carbonyl (C=O) groups is 2. The van der Waals surface area contributed by atoms with Crippen molar-refractivity contribution in [3.8, 4) is 5.88 Å². The molecule has 0 spiro atoms. The normalized spacial score (nSPS) is 14.9. The fraction of sp³-hybridized carbons (Fsp3) is 0.200. The number of aliphatic imine (C=N–C) groups is 1. The molecule has 0 unspecified atom stereocenters. The zero-order valence-corrected chi connectivity index (χ0v) is 29.6. The number of oxime groups is 1. The maximum atomic E-state index is 15.0. The number of para-hydroxylation sites is 1. The van der Waals surface area contributed by atoms with Gasteiger partial charge in [-0.15, -0.1) is 0 Å². The van der Waals surface area contributed by atoms with Gasteiger partial charge < -0.3 is 24.7 Å². The molecule has 272 valence electrons. The zero-order valence-electron chi connectivity index (χ0n) is 28.8. The van der Waals surface area contributed by atoms with Crippen LogP contribution in [0.2, 0.25) is 5.02 Å². The lowest BCUT2D eigenvalue weighted by Crippen LogP contribution is -2.50. The van der Waals surface area contributed by atoms with Gasteiger partial charge in [0.05, 0.1) is 27.9 Å². The molecule has 0 aliphatic carbocycles. The second-order valence-electron chi connectivity index (χ2n) is 13.1. The van der Waals surface area contributed by atoms with Crippen LogP contribution in [-0.2, 0) is 16.1 Å². The number of rotatable bonds is 9. The molecule has 4 heterocycles. The zero-order chi connectivity index (χ0) is 37.3. The fourth-order valence-corrected chi connectivity index (χ4v) is 7.13. The maximum absolute atomic E-state index is 15.0. The summed E-state index contributed by atoms with van der Waals surface area (Å²) < 4.78 is 15.0. The Morgan fingerprint density at radius 3 is 2.52 bits per heavy atom. The van der Waals surface area contributed by atoms with Crippen LogP contribution >= 0.6 is 11.6 Å². The SMILES string of the molecule is O=C(CCCO/N=C1/C(c2c(O)[nH]c3ccc(Cl)cc23)=Nc2ccccc21)N1CCN(C(=O)c2cc(Cc3n[nH]c(=O)c4ccccc34)ccc2F)CC1. The molecule has 0 saturated carbocycles. The first-order valence-corrected chi connectivity index (χ1v) is 17.8. The topological polar surface area (TPSA) is 156 Å². The van der Waals surface area contributed by atoms with Gasteiger partial charge in [-0.05, 0) is 54.4 Å². The van der Waals surface area contributed by atoms with Crippen molar-refractivity contribution in [1.82, 2.24) is 25.0 Å². The summed E-state index contributed by atoms with van der Waals surface area (Å²) in [5.41, 5.74) is 4.43. The van der Waals surface area contributed by atoms with Gasteiger partial charge in [-0.25, -0.2) is 14.5 Å². The molecule has 3 N–H and O–H groups in total. The highest BCUT2D eigenvalue weighted by atomic mass is 35.5. The molecule has 6 aromatic rings. The number of amides is 2. The number of aromatic hydroxyl groups is 1. The van der Waals surface area contributed by atoms with E-state index in [0.29, 0.717) is 86.6 Å². The van der Waals surface area contributed by atoms with E-state index in [4.69, 9.17) is 21.4 Å². The first kappa shape index (κ1) is 34.7. The summed E-state index contributed by atoms with van der Waals surface area (Å²) in [6, 6.07) is 24.2. The highest BCUT2D eigenvalue weighted by Crippen LogP contribution is 2.36.